The van der Waals surface area contributed by atoms with E-state index in [0.717, 1.165) is 11.4 Å². The minimum atomic E-state index is -0.346. The van der Waals surface area contributed by atoms with Crippen LogP contribution in [0.1, 0.15) is 10.4 Å². The number of rotatable bonds is 6. The van der Waals surface area contributed by atoms with Gasteiger partial charge in [-0.15, -0.1) is 0 Å². The van der Waals surface area contributed by atoms with E-state index < -0.39 is 0 Å². The van der Waals surface area contributed by atoms with Gasteiger partial charge in [-0.2, -0.15) is 10.2 Å². The molecule has 0 aliphatic carbocycles. The minimum absolute atomic E-state index is 0.315. The first kappa shape index (κ1) is 21.0. The Balaban J connectivity index is 1.33. The van der Waals surface area contributed by atoms with Gasteiger partial charge in [-0.3, -0.25) is 9.78 Å². The Morgan fingerprint density at radius 3 is 2.50 bits per heavy atom. The van der Waals surface area contributed by atoms with Gasteiger partial charge in [-0.05, 0) is 54.6 Å². The number of pyridine rings is 2. The maximum Gasteiger partial charge on any atom is 0.256 e. The van der Waals surface area contributed by atoms with Gasteiger partial charge in [-0.1, -0.05) is 6.07 Å². The van der Waals surface area contributed by atoms with Gasteiger partial charge in [0.1, 0.15) is 11.6 Å². The quantitative estimate of drug-likeness (QED) is 0.322. The number of carbonyl (C=O) groups is 1. The number of carbonyl (C=O) groups excluding carboxylic acids is 1. The maximum absolute atomic E-state index is 13.8. The summed E-state index contributed by atoms with van der Waals surface area (Å²) < 4.78 is 13.8. The van der Waals surface area contributed by atoms with Gasteiger partial charge >= 0.3 is 0 Å². The molecule has 8 nitrogen and oxygen atoms in total. The van der Waals surface area contributed by atoms with Crippen LogP contribution in [0.5, 0.6) is 0 Å². The van der Waals surface area contributed by atoms with Crippen LogP contribution in [0.3, 0.4) is 0 Å². The van der Waals surface area contributed by atoms with Crippen molar-refractivity contribution in [3.8, 4) is 0 Å². The lowest BCUT2D eigenvalue weighted by Gasteiger charge is -2.11. The number of amides is 1. The molecule has 0 saturated heterocycles. The molecule has 0 bridgehead atoms. The molecule has 0 aliphatic heterocycles. The molecule has 34 heavy (non-hydrogen) atoms. The molecule has 0 spiro atoms. The maximum atomic E-state index is 13.8. The number of nitrogens with zero attached hydrogens (tertiary/aromatic N) is 4. The van der Waals surface area contributed by atoms with Crippen molar-refractivity contribution >= 4 is 45.4 Å². The van der Waals surface area contributed by atoms with Crippen molar-refractivity contribution in [1.82, 2.24) is 20.2 Å². The monoisotopic (exact) mass is 451 g/mol. The molecule has 2 aromatic carbocycles. The van der Waals surface area contributed by atoms with Crippen LogP contribution in [-0.4, -0.2) is 26.1 Å². The van der Waals surface area contributed by atoms with Gasteiger partial charge < -0.3 is 16.0 Å². The van der Waals surface area contributed by atoms with Crippen LogP contribution in [0.15, 0.2) is 91.5 Å². The topological polar surface area (TPSA) is 105 Å². The smallest absolute Gasteiger partial charge is 0.256 e. The first-order valence-electron chi connectivity index (χ1n) is 10.4. The van der Waals surface area contributed by atoms with Crippen LogP contribution in [0.4, 0.5) is 33.0 Å². The van der Waals surface area contributed by atoms with Gasteiger partial charge in [0.2, 0.25) is 0 Å². The molecular weight excluding hydrogens is 433 g/mol. The highest BCUT2D eigenvalue weighted by molar-refractivity contribution is 6.04. The van der Waals surface area contributed by atoms with E-state index in [4.69, 9.17) is 0 Å². The predicted octanol–water partition coefficient (Wildman–Crippen LogP) is 5.30. The molecule has 0 saturated carbocycles. The molecule has 166 valence electrons. The second-order valence-corrected chi connectivity index (χ2v) is 7.37. The van der Waals surface area contributed by atoms with Crippen LogP contribution in [0.2, 0.25) is 0 Å². The number of halogens is 1. The minimum Gasteiger partial charge on any atom is -0.355 e. The summed E-state index contributed by atoms with van der Waals surface area (Å²) in [4.78, 5) is 21.4. The number of benzene rings is 2. The third kappa shape index (κ3) is 4.78. The highest BCUT2D eigenvalue weighted by Crippen LogP contribution is 2.26. The summed E-state index contributed by atoms with van der Waals surface area (Å²) in [6.45, 7) is 0. The summed E-state index contributed by atoms with van der Waals surface area (Å²) in [7, 11) is 0. The number of hydrogen-bond donors (Lipinski definition) is 3. The summed E-state index contributed by atoms with van der Waals surface area (Å²) in [6, 6.07) is 18.5. The lowest BCUT2D eigenvalue weighted by atomic mass is 10.1. The van der Waals surface area contributed by atoms with Crippen molar-refractivity contribution in [2.45, 2.75) is 0 Å². The van der Waals surface area contributed by atoms with Crippen molar-refractivity contribution < 1.29 is 9.18 Å². The molecule has 5 rings (SSSR count). The van der Waals surface area contributed by atoms with E-state index in [1.807, 2.05) is 6.07 Å². The average Bonchev–Trinajstić information content (AvgIpc) is 2.85. The molecular formula is C25H18FN7O. The van der Waals surface area contributed by atoms with Crippen molar-refractivity contribution in [2.75, 3.05) is 16.0 Å². The molecule has 0 aliphatic rings. The van der Waals surface area contributed by atoms with Crippen molar-refractivity contribution in [3.63, 3.8) is 0 Å². The van der Waals surface area contributed by atoms with Gasteiger partial charge in [-0.25, -0.2) is 9.37 Å². The highest BCUT2D eigenvalue weighted by atomic mass is 19.1. The predicted molar refractivity (Wildman–Crippen MR) is 129 cm³/mol. The standard InChI is InChI=1S/C25H18FN7O/c26-17-4-5-22-21(13-17)23(8-10-27-22)32-18-3-1-2-16(12-18)25(34)33-24-14-19(6-9-28-24)31-20-7-11-29-30-15-20/h1-15H,(H,27,32)(H2,28,29,31,33,34). The zero-order valence-electron chi connectivity index (χ0n) is 17.7. The van der Waals surface area contributed by atoms with E-state index in [2.05, 4.69) is 36.1 Å². The molecule has 1 amide bonds. The van der Waals surface area contributed by atoms with Crippen LogP contribution < -0.4 is 16.0 Å². The lowest BCUT2D eigenvalue weighted by Crippen LogP contribution is -2.13. The molecule has 5 aromatic rings. The van der Waals surface area contributed by atoms with Crippen LogP contribution in [-0.2, 0) is 0 Å². The molecule has 0 atom stereocenters. The van der Waals surface area contributed by atoms with E-state index in [-0.39, 0.29) is 11.7 Å². The fourth-order valence-corrected chi connectivity index (χ4v) is 3.42. The zero-order chi connectivity index (χ0) is 23.3. The third-order valence-electron chi connectivity index (χ3n) is 4.98. The number of nitrogens with one attached hydrogen (secondary N) is 3. The largest absolute Gasteiger partial charge is 0.355 e. The Bertz CT molecular complexity index is 1480. The van der Waals surface area contributed by atoms with Crippen LogP contribution >= 0.6 is 0 Å². The third-order valence-corrected chi connectivity index (χ3v) is 4.98. The van der Waals surface area contributed by atoms with Crippen LogP contribution in [0, 0.1) is 5.82 Å². The van der Waals surface area contributed by atoms with Crippen LogP contribution in [0.25, 0.3) is 10.9 Å². The summed E-state index contributed by atoms with van der Waals surface area (Å²) in [6.07, 6.45) is 6.42. The lowest BCUT2D eigenvalue weighted by molar-refractivity contribution is 0.102. The van der Waals surface area contributed by atoms with Gasteiger partial charge in [0.05, 0.1) is 23.6 Å². The van der Waals surface area contributed by atoms with Gasteiger partial charge in [0.25, 0.3) is 5.91 Å². The Morgan fingerprint density at radius 2 is 1.62 bits per heavy atom. The summed E-state index contributed by atoms with van der Waals surface area (Å²) in [5.74, 6) is -0.267. The normalized spacial score (nSPS) is 10.6. The van der Waals surface area contributed by atoms with E-state index in [1.54, 1.807) is 73.3 Å². The molecule has 0 unspecified atom stereocenters. The van der Waals surface area contributed by atoms with Crippen molar-refractivity contribution in [2.24, 2.45) is 0 Å². The summed E-state index contributed by atoms with van der Waals surface area (Å²) in [5, 5.41) is 17.4. The second kappa shape index (κ2) is 9.29. The van der Waals surface area contributed by atoms with E-state index >= 15 is 0 Å². The Hall–Kier alpha value is -4.92. The molecule has 3 heterocycles. The fraction of sp³-hybridized carbons (Fsp3) is 0. The highest BCUT2D eigenvalue weighted by Gasteiger charge is 2.10. The summed E-state index contributed by atoms with van der Waals surface area (Å²) >= 11 is 0. The van der Waals surface area contributed by atoms with Gasteiger partial charge in [0, 0.05) is 46.5 Å². The molecule has 0 fully saturated rings. The first-order valence-corrected chi connectivity index (χ1v) is 10.4. The molecule has 3 N–H and O–H groups in total. The SMILES string of the molecule is O=C(Nc1cc(Nc2ccnnc2)ccn1)c1cccc(Nc2ccnc3ccc(F)cc23)c1. The van der Waals surface area contributed by atoms with Gasteiger partial charge in [0.15, 0.2) is 0 Å². The molecule has 9 heteroatoms. The number of anilines is 5. The number of fused-ring (bicyclic) bond motifs is 1. The second-order valence-electron chi connectivity index (χ2n) is 7.37. The van der Waals surface area contributed by atoms with E-state index in [0.29, 0.717) is 33.7 Å². The molecule has 0 radical (unpaired) electrons. The molecule has 3 aromatic heterocycles. The van der Waals surface area contributed by atoms with Crippen molar-refractivity contribution in [3.05, 3.63) is 103 Å². The Kier molecular flexibility index (Phi) is 5.73. The van der Waals surface area contributed by atoms with Crippen molar-refractivity contribution in [1.29, 1.82) is 0 Å². The average molecular weight is 451 g/mol. The van der Waals surface area contributed by atoms with E-state index in [9.17, 15) is 9.18 Å². The number of aromatic nitrogens is 4. The number of hydrogen-bond acceptors (Lipinski definition) is 7. The Labute approximate surface area is 193 Å². The fourth-order valence-electron chi connectivity index (χ4n) is 3.42. The van der Waals surface area contributed by atoms with E-state index in [1.165, 1.54) is 12.1 Å². The Morgan fingerprint density at radius 1 is 0.765 bits per heavy atom. The summed E-state index contributed by atoms with van der Waals surface area (Å²) in [5.41, 5.74) is 3.98. The zero-order valence-corrected chi connectivity index (χ0v) is 17.7. The first-order chi connectivity index (χ1) is 16.6.